The van der Waals surface area contributed by atoms with Gasteiger partial charge in [-0.2, -0.15) is 0 Å². The molecule has 0 saturated heterocycles. The zero-order valence-corrected chi connectivity index (χ0v) is 11.4. The molecule has 1 saturated carbocycles. The van der Waals surface area contributed by atoms with Gasteiger partial charge in [0, 0.05) is 29.2 Å². The summed E-state index contributed by atoms with van der Waals surface area (Å²) in [5.41, 5.74) is 1.86. The van der Waals surface area contributed by atoms with Gasteiger partial charge in [-0.1, -0.05) is 25.1 Å². The van der Waals surface area contributed by atoms with Gasteiger partial charge in [0.2, 0.25) is 0 Å². The molecule has 0 atom stereocenters. The van der Waals surface area contributed by atoms with Crippen LogP contribution in [0.4, 0.5) is 0 Å². The molecular formula is C16H20N2O. The van der Waals surface area contributed by atoms with Gasteiger partial charge in [0.15, 0.2) is 5.78 Å². The topological polar surface area (TPSA) is 36.1 Å². The predicted octanol–water partition coefficient (Wildman–Crippen LogP) is 3.08. The molecule has 3 nitrogen and oxygen atoms in total. The molecule has 3 rings (SSSR count). The maximum Gasteiger partial charge on any atom is 0.178 e. The number of aromatic amines is 1. The monoisotopic (exact) mass is 256 g/mol. The average Bonchev–Trinajstić information content (AvgIpc) is 3.14. The number of fused-ring (bicyclic) bond motifs is 1. The van der Waals surface area contributed by atoms with E-state index in [4.69, 9.17) is 0 Å². The first-order valence-corrected chi connectivity index (χ1v) is 7.09. The van der Waals surface area contributed by atoms with E-state index in [1.807, 2.05) is 30.5 Å². The van der Waals surface area contributed by atoms with E-state index in [2.05, 4.69) is 16.8 Å². The zero-order chi connectivity index (χ0) is 13.2. The number of hydrogen-bond donors (Lipinski definition) is 1. The van der Waals surface area contributed by atoms with Gasteiger partial charge in [-0.25, -0.2) is 0 Å². The molecule has 3 heteroatoms. The number of likely N-dealkylation sites (N-methyl/N-ethyl adjacent to an activating group) is 1. The summed E-state index contributed by atoms with van der Waals surface area (Å²) in [5, 5.41) is 1.04. The van der Waals surface area contributed by atoms with Crippen LogP contribution >= 0.6 is 0 Å². The smallest absolute Gasteiger partial charge is 0.178 e. The summed E-state index contributed by atoms with van der Waals surface area (Å²) in [5.74, 6) is 1.05. The van der Waals surface area contributed by atoms with Gasteiger partial charge in [-0.3, -0.25) is 9.69 Å². The lowest BCUT2D eigenvalue weighted by molar-refractivity contribution is 0.0933. The van der Waals surface area contributed by atoms with Crippen molar-refractivity contribution in [1.82, 2.24) is 9.88 Å². The van der Waals surface area contributed by atoms with Gasteiger partial charge < -0.3 is 4.98 Å². The van der Waals surface area contributed by atoms with Gasteiger partial charge in [0.1, 0.15) is 0 Å². The number of para-hydroxylation sites is 1. The lowest BCUT2D eigenvalue weighted by Gasteiger charge is -2.18. The first kappa shape index (κ1) is 12.4. The van der Waals surface area contributed by atoms with Crippen molar-refractivity contribution in [2.45, 2.75) is 19.8 Å². The van der Waals surface area contributed by atoms with Gasteiger partial charge in [-0.15, -0.1) is 0 Å². The fourth-order valence-corrected chi connectivity index (χ4v) is 2.56. The Labute approximate surface area is 113 Å². The van der Waals surface area contributed by atoms with E-state index in [1.54, 1.807) is 0 Å². The van der Waals surface area contributed by atoms with E-state index in [0.29, 0.717) is 6.54 Å². The highest BCUT2D eigenvalue weighted by atomic mass is 16.1. The quantitative estimate of drug-likeness (QED) is 0.806. The minimum Gasteiger partial charge on any atom is -0.360 e. The van der Waals surface area contributed by atoms with Crippen LogP contribution in [0, 0.1) is 5.92 Å². The van der Waals surface area contributed by atoms with Gasteiger partial charge >= 0.3 is 0 Å². The van der Waals surface area contributed by atoms with E-state index in [1.165, 1.54) is 12.8 Å². The number of H-pyrrole nitrogens is 1. The van der Waals surface area contributed by atoms with E-state index in [0.717, 1.165) is 35.5 Å². The van der Waals surface area contributed by atoms with Gasteiger partial charge in [0.25, 0.3) is 0 Å². The van der Waals surface area contributed by atoms with Crippen molar-refractivity contribution in [2.24, 2.45) is 5.92 Å². The van der Waals surface area contributed by atoms with Crippen LogP contribution in [-0.4, -0.2) is 35.3 Å². The van der Waals surface area contributed by atoms with Crippen LogP contribution < -0.4 is 0 Å². The van der Waals surface area contributed by atoms with Crippen LogP contribution in [0.5, 0.6) is 0 Å². The number of hydrogen-bond acceptors (Lipinski definition) is 2. The molecule has 1 aromatic carbocycles. The maximum absolute atomic E-state index is 12.4. The lowest BCUT2D eigenvalue weighted by atomic mass is 10.1. The number of nitrogens with one attached hydrogen (secondary N) is 1. The molecule has 2 aromatic rings. The summed E-state index contributed by atoms with van der Waals surface area (Å²) < 4.78 is 0. The Morgan fingerprint density at radius 2 is 2.16 bits per heavy atom. The number of benzene rings is 1. The van der Waals surface area contributed by atoms with Crippen LogP contribution in [0.1, 0.15) is 30.1 Å². The molecule has 1 heterocycles. The maximum atomic E-state index is 12.4. The molecule has 1 aliphatic rings. The Morgan fingerprint density at radius 1 is 1.37 bits per heavy atom. The summed E-state index contributed by atoms with van der Waals surface area (Å²) in [6.45, 7) is 4.69. The van der Waals surface area contributed by atoms with Gasteiger partial charge in [0.05, 0.1) is 6.54 Å². The van der Waals surface area contributed by atoms with Crippen LogP contribution in [-0.2, 0) is 0 Å². The second kappa shape index (κ2) is 5.17. The summed E-state index contributed by atoms with van der Waals surface area (Å²) >= 11 is 0. The van der Waals surface area contributed by atoms with Crippen molar-refractivity contribution in [2.75, 3.05) is 19.6 Å². The molecule has 0 amide bonds. The second-order valence-electron chi connectivity index (χ2n) is 5.44. The Hall–Kier alpha value is -1.61. The SMILES string of the molecule is CCN(CC(=O)c1c[nH]c2ccccc12)CC1CC1. The number of carbonyl (C=O) groups excluding carboxylic acids is 1. The van der Waals surface area contributed by atoms with E-state index < -0.39 is 0 Å². The zero-order valence-electron chi connectivity index (χ0n) is 11.4. The molecule has 0 radical (unpaired) electrons. The Kier molecular flexibility index (Phi) is 3.38. The number of rotatable bonds is 6. The molecule has 0 unspecified atom stereocenters. The standard InChI is InChI=1S/C16H20N2O/c1-2-18(10-12-7-8-12)11-16(19)14-9-17-15-6-4-3-5-13(14)15/h3-6,9,12,17H,2,7-8,10-11H2,1H3. The van der Waals surface area contributed by atoms with Crippen LogP contribution in [0.25, 0.3) is 10.9 Å². The Balaban J connectivity index is 1.75. The number of nitrogens with zero attached hydrogens (tertiary/aromatic N) is 1. The molecule has 1 aliphatic carbocycles. The van der Waals surface area contributed by atoms with E-state index >= 15 is 0 Å². The first-order valence-electron chi connectivity index (χ1n) is 7.09. The fraction of sp³-hybridized carbons (Fsp3) is 0.438. The van der Waals surface area contributed by atoms with Crippen molar-refractivity contribution in [3.8, 4) is 0 Å². The number of aromatic nitrogens is 1. The second-order valence-corrected chi connectivity index (χ2v) is 5.44. The Bertz CT molecular complexity index is 583. The summed E-state index contributed by atoms with van der Waals surface area (Å²) in [7, 11) is 0. The predicted molar refractivity (Wildman–Crippen MR) is 77.5 cm³/mol. The molecular weight excluding hydrogens is 236 g/mol. The minimum atomic E-state index is 0.222. The third-order valence-electron chi connectivity index (χ3n) is 3.92. The van der Waals surface area contributed by atoms with Crippen LogP contribution in [0.15, 0.2) is 30.5 Å². The Morgan fingerprint density at radius 3 is 2.89 bits per heavy atom. The van der Waals surface area contributed by atoms with Crippen molar-refractivity contribution in [1.29, 1.82) is 0 Å². The van der Waals surface area contributed by atoms with Crippen LogP contribution in [0.2, 0.25) is 0 Å². The highest BCUT2D eigenvalue weighted by Gasteiger charge is 2.25. The normalized spacial score (nSPS) is 15.3. The average molecular weight is 256 g/mol. The third-order valence-corrected chi connectivity index (χ3v) is 3.92. The molecule has 0 spiro atoms. The molecule has 1 N–H and O–H groups in total. The first-order chi connectivity index (χ1) is 9.28. The lowest BCUT2D eigenvalue weighted by Crippen LogP contribution is -2.31. The van der Waals surface area contributed by atoms with Crippen molar-refractivity contribution in [3.05, 3.63) is 36.0 Å². The number of Topliss-reactive ketones (excluding diaryl/α,β-unsaturated/α-hetero) is 1. The fourth-order valence-electron chi connectivity index (χ4n) is 2.56. The van der Waals surface area contributed by atoms with Gasteiger partial charge in [-0.05, 0) is 31.4 Å². The highest BCUT2D eigenvalue weighted by molar-refractivity contribution is 6.08. The third kappa shape index (κ3) is 2.71. The van der Waals surface area contributed by atoms with Crippen molar-refractivity contribution < 1.29 is 4.79 Å². The largest absolute Gasteiger partial charge is 0.360 e. The number of ketones is 1. The molecule has 0 bridgehead atoms. The number of carbonyl (C=O) groups is 1. The minimum absolute atomic E-state index is 0.222. The van der Waals surface area contributed by atoms with Crippen molar-refractivity contribution in [3.63, 3.8) is 0 Å². The van der Waals surface area contributed by atoms with E-state index in [-0.39, 0.29) is 5.78 Å². The van der Waals surface area contributed by atoms with Crippen LogP contribution in [0.3, 0.4) is 0 Å². The molecule has 1 aromatic heterocycles. The molecule has 1 fully saturated rings. The highest BCUT2D eigenvalue weighted by Crippen LogP contribution is 2.29. The molecule has 19 heavy (non-hydrogen) atoms. The van der Waals surface area contributed by atoms with Crippen molar-refractivity contribution >= 4 is 16.7 Å². The molecule has 100 valence electrons. The summed E-state index contributed by atoms with van der Waals surface area (Å²) in [6.07, 6.45) is 4.51. The summed E-state index contributed by atoms with van der Waals surface area (Å²) in [4.78, 5) is 17.9. The summed E-state index contributed by atoms with van der Waals surface area (Å²) in [6, 6.07) is 7.98. The van der Waals surface area contributed by atoms with E-state index in [9.17, 15) is 4.79 Å². The molecule has 0 aliphatic heterocycles.